The molecule has 3 rings (SSSR count). The van der Waals surface area contributed by atoms with Crippen LogP contribution in [0.15, 0.2) is 30.3 Å². The summed E-state index contributed by atoms with van der Waals surface area (Å²) in [5.74, 6) is 2.04. The first-order chi connectivity index (χ1) is 16.2. The molecule has 1 aromatic carbocycles. The molecule has 4 heteroatoms. The van der Waals surface area contributed by atoms with Crippen LogP contribution in [0.2, 0.25) is 0 Å². The third-order valence-electron chi connectivity index (χ3n) is 7.22. The predicted molar refractivity (Wildman–Crippen MR) is 135 cm³/mol. The summed E-state index contributed by atoms with van der Waals surface area (Å²) in [5.41, 5.74) is 2.14. The average Bonchev–Trinajstić information content (AvgIpc) is 2.84. The highest BCUT2D eigenvalue weighted by Gasteiger charge is 2.21. The lowest BCUT2D eigenvalue weighted by molar-refractivity contribution is 0.249. The topological polar surface area (TPSA) is 35.0 Å². The van der Waals surface area contributed by atoms with Gasteiger partial charge >= 0.3 is 0 Å². The molecule has 0 aliphatic heterocycles. The molecule has 0 N–H and O–H groups in total. The van der Waals surface area contributed by atoms with Crippen LogP contribution in [0.25, 0.3) is 11.3 Å². The number of hydrogen-bond acceptors (Lipinski definition) is 3. The second kappa shape index (κ2) is 14.3. The minimum Gasteiger partial charge on any atom is -0.477 e. The van der Waals surface area contributed by atoms with Gasteiger partial charge in [0.2, 0.25) is 5.88 Å². The van der Waals surface area contributed by atoms with Crippen molar-refractivity contribution in [1.29, 1.82) is 0 Å². The second-order valence-corrected chi connectivity index (χ2v) is 9.90. The van der Waals surface area contributed by atoms with Crippen molar-refractivity contribution in [1.82, 2.24) is 10.2 Å². The lowest BCUT2D eigenvalue weighted by atomic mass is 9.77. The molecule has 1 saturated carbocycles. The SMILES string of the molecule is CCCCCCC1CCC(CCc2ccc(-c3ccc(OCCCCC)nn3)c(F)c2)CC1. The van der Waals surface area contributed by atoms with E-state index in [1.165, 1.54) is 64.2 Å². The molecule has 0 atom stereocenters. The van der Waals surface area contributed by atoms with Crippen LogP contribution in [0, 0.1) is 17.7 Å². The number of halogens is 1. The van der Waals surface area contributed by atoms with Gasteiger partial charge in [0, 0.05) is 11.6 Å². The molecule has 1 aromatic heterocycles. The smallest absolute Gasteiger partial charge is 0.233 e. The molecule has 0 unspecified atom stereocenters. The fraction of sp³-hybridized carbons (Fsp3) is 0.655. The van der Waals surface area contributed by atoms with Gasteiger partial charge in [0.1, 0.15) is 5.82 Å². The Morgan fingerprint density at radius 3 is 2.21 bits per heavy atom. The Balaban J connectivity index is 1.42. The number of aromatic nitrogens is 2. The second-order valence-electron chi connectivity index (χ2n) is 9.90. The zero-order valence-electron chi connectivity index (χ0n) is 20.8. The first-order valence-electron chi connectivity index (χ1n) is 13.4. The zero-order chi connectivity index (χ0) is 23.3. The first kappa shape index (κ1) is 25.6. The van der Waals surface area contributed by atoms with Gasteiger partial charge in [-0.05, 0) is 54.9 Å². The Hall–Kier alpha value is -1.97. The Kier molecular flexibility index (Phi) is 11.1. The molecule has 3 nitrogen and oxygen atoms in total. The van der Waals surface area contributed by atoms with Crippen molar-refractivity contribution < 1.29 is 9.13 Å². The highest BCUT2D eigenvalue weighted by molar-refractivity contribution is 5.60. The number of aryl methyl sites for hydroxylation is 1. The fourth-order valence-electron chi connectivity index (χ4n) is 5.03. The number of nitrogens with zero attached hydrogens (tertiary/aromatic N) is 2. The maximum absolute atomic E-state index is 14.8. The molecule has 2 aromatic rings. The zero-order valence-corrected chi connectivity index (χ0v) is 20.8. The van der Waals surface area contributed by atoms with E-state index < -0.39 is 0 Å². The van der Waals surface area contributed by atoms with Gasteiger partial charge in [0.25, 0.3) is 0 Å². The van der Waals surface area contributed by atoms with E-state index in [1.807, 2.05) is 6.07 Å². The van der Waals surface area contributed by atoms with Gasteiger partial charge in [0.15, 0.2) is 0 Å². The Labute approximate surface area is 200 Å². The quantitative estimate of drug-likeness (QED) is 0.268. The van der Waals surface area contributed by atoms with E-state index in [0.29, 0.717) is 23.7 Å². The van der Waals surface area contributed by atoms with Gasteiger partial charge < -0.3 is 4.74 Å². The van der Waals surface area contributed by atoms with Gasteiger partial charge in [-0.15, -0.1) is 10.2 Å². The maximum atomic E-state index is 14.8. The average molecular weight is 455 g/mol. The lowest BCUT2D eigenvalue weighted by Gasteiger charge is -2.28. The summed E-state index contributed by atoms with van der Waals surface area (Å²) in [6, 6.07) is 9.16. The molecular weight excluding hydrogens is 411 g/mol. The summed E-state index contributed by atoms with van der Waals surface area (Å²) in [6.07, 6.45) is 17.9. The van der Waals surface area contributed by atoms with Crippen LogP contribution in [0.1, 0.15) is 103 Å². The van der Waals surface area contributed by atoms with Crippen LogP contribution in [-0.2, 0) is 6.42 Å². The monoisotopic (exact) mass is 454 g/mol. The largest absolute Gasteiger partial charge is 0.477 e. The van der Waals surface area contributed by atoms with E-state index in [2.05, 4.69) is 30.1 Å². The summed E-state index contributed by atoms with van der Waals surface area (Å²) >= 11 is 0. The molecule has 182 valence electrons. The molecular formula is C29H43FN2O. The van der Waals surface area contributed by atoms with Gasteiger partial charge in [-0.3, -0.25) is 0 Å². The van der Waals surface area contributed by atoms with Crippen molar-refractivity contribution in [3.63, 3.8) is 0 Å². The van der Waals surface area contributed by atoms with Crippen LogP contribution >= 0.6 is 0 Å². The maximum Gasteiger partial charge on any atom is 0.233 e. The van der Waals surface area contributed by atoms with Crippen LogP contribution in [0.5, 0.6) is 5.88 Å². The molecule has 0 saturated heterocycles. The number of unbranched alkanes of at least 4 members (excludes halogenated alkanes) is 5. The van der Waals surface area contributed by atoms with E-state index in [-0.39, 0.29) is 5.82 Å². The van der Waals surface area contributed by atoms with Crippen LogP contribution in [-0.4, -0.2) is 16.8 Å². The van der Waals surface area contributed by atoms with Crippen LogP contribution in [0.4, 0.5) is 4.39 Å². The van der Waals surface area contributed by atoms with Crippen molar-refractivity contribution in [2.45, 2.75) is 104 Å². The normalized spacial score (nSPS) is 18.4. The van der Waals surface area contributed by atoms with Gasteiger partial charge in [-0.2, -0.15) is 0 Å². The van der Waals surface area contributed by atoms with E-state index in [0.717, 1.165) is 43.1 Å². The van der Waals surface area contributed by atoms with Gasteiger partial charge in [-0.1, -0.05) is 90.5 Å². The molecule has 0 amide bonds. The third kappa shape index (κ3) is 8.72. The molecule has 0 radical (unpaired) electrons. The standard InChI is InChI=1S/C29H43FN2O/c1-3-5-7-8-10-23-11-13-24(14-12-23)15-16-25-17-18-26(27(30)22-25)28-19-20-29(32-31-28)33-21-9-6-4-2/h17-20,22-24H,3-16,21H2,1-2H3. The Morgan fingerprint density at radius 1 is 0.818 bits per heavy atom. The molecule has 0 spiro atoms. The molecule has 1 aliphatic rings. The Morgan fingerprint density at radius 2 is 1.55 bits per heavy atom. The minimum atomic E-state index is -0.214. The molecule has 1 aliphatic carbocycles. The summed E-state index contributed by atoms with van der Waals surface area (Å²) in [6.45, 7) is 5.09. The van der Waals surface area contributed by atoms with E-state index in [4.69, 9.17) is 4.74 Å². The lowest BCUT2D eigenvalue weighted by Crippen LogP contribution is -2.15. The van der Waals surface area contributed by atoms with E-state index in [9.17, 15) is 4.39 Å². The predicted octanol–water partition coefficient (Wildman–Crippen LogP) is 8.56. The van der Waals surface area contributed by atoms with Crippen molar-refractivity contribution in [3.8, 4) is 17.1 Å². The summed E-state index contributed by atoms with van der Waals surface area (Å²) in [5, 5.41) is 8.29. The number of ether oxygens (including phenoxy) is 1. The third-order valence-corrected chi connectivity index (χ3v) is 7.22. The number of benzene rings is 1. The Bertz CT molecular complexity index is 800. The van der Waals surface area contributed by atoms with E-state index in [1.54, 1.807) is 18.2 Å². The molecule has 33 heavy (non-hydrogen) atoms. The highest BCUT2D eigenvalue weighted by atomic mass is 19.1. The van der Waals surface area contributed by atoms with Gasteiger partial charge in [-0.25, -0.2) is 4.39 Å². The first-order valence-corrected chi connectivity index (χ1v) is 13.4. The summed E-state index contributed by atoms with van der Waals surface area (Å²) < 4.78 is 20.4. The number of rotatable bonds is 14. The van der Waals surface area contributed by atoms with E-state index >= 15 is 0 Å². The summed E-state index contributed by atoms with van der Waals surface area (Å²) in [4.78, 5) is 0. The van der Waals surface area contributed by atoms with Crippen molar-refractivity contribution in [3.05, 3.63) is 41.7 Å². The van der Waals surface area contributed by atoms with Crippen LogP contribution in [0.3, 0.4) is 0 Å². The summed E-state index contributed by atoms with van der Waals surface area (Å²) in [7, 11) is 0. The fourth-order valence-corrected chi connectivity index (χ4v) is 5.03. The highest BCUT2D eigenvalue weighted by Crippen LogP contribution is 2.34. The van der Waals surface area contributed by atoms with Gasteiger partial charge in [0.05, 0.1) is 12.3 Å². The van der Waals surface area contributed by atoms with Crippen molar-refractivity contribution in [2.75, 3.05) is 6.61 Å². The van der Waals surface area contributed by atoms with Crippen molar-refractivity contribution in [2.24, 2.45) is 11.8 Å². The van der Waals surface area contributed by atoms with Crippen molar-refractivity contribution >= 4 is 0 Å². The molecule has 1 fully saturated rings. The number of hydrogen-bond donors (Lipinski definition) is 0. The minimum absolute atomic E-state index is 0.214. The van der Waals surface area contributed by atoms with Crippen LogP contribution < -0.4 is 4.74 Å². The molecule has 1 heterocycles. The molecule has 0 bridgehead atoms.